The molecule has 2 aromatic rings. The molecule has 4 nitrogen and oxygen atoms in total. The summed E-state index contributed by atoms with van der Waals surface area (Å²) < 4.78 is 10.8. The summed E-state index contributed by atoms with van der Waals surface area (Å²) in [5, 5.41) is 0.758. The average Bonchev–Trinajstić information content (AvgIpc) is 2.44. The van der Waals surface area contributed by atoms with Gasteiger partial charge in [0.25, 0.3) is 0 Å². The van der Waals surface area contributed by atoms with E-state index in [1.54, 1.807) is 37.3 Å². The third-order valence-electron chi connectivity index (χ3n) is 2.26. The Morgan fingerprint density at radius 3 is 2.45 bits per heavy atom. The molecular formula is C14H10Cl2NO3. The van der Waals surface area contributed by atoms with E-state index in [9.17, 15) is 4.79 Å². The summed E-state index contributed by atoms with van der Waals surface area (Å²) in [5.41, 5.74) is 0. The van der Waals surface area contributed by atoms with E-state index in [4.69, 9.17) is 32.7 Å². The van der Waals surface area contributed by atoms with Crippen LogP contribution in [0.1, 0.15) is 6.92 Å². The predicted octanol–water partition coefficient (Wildman–Crippen LogP) is 4.31. The van der Waals surface area contributed by atoms with Gasteiger partial charge in [-0.1, -0.05) is 23.2 Å². The third kappa shape index (κ3) is 3.85. The fourth-order valence-corrected chi connectivity index (χ4v) is 1.79. The van der Waals surface area contributed by atoms with Crippen molar-refractivity contribution in [1.29, 1.82) is 0 Å². The van der Waals surface area contributed by atoms with Gasteiger partial charge in [0.15, 0.2) is 6.29 Å². The lowest BCUT2D eigenvalue weighted by molar-refractivity contribution is -0.108. The van der Waals surface area contributed by atoms with Crippen molar-refractivity contribution < 1.29 is 14.3 Å². The van der Waals surface area contributed by atoms with Gasteiger partial charge in [-0.15, -0.1) is 0 Å². The first-order valence-corrected chi connectivity index (χ1v) is 6.39. The van der Waals surface area contributed by atoms with E-state index < -0.39 is 0 Å². The minimum Gasteiger partial charge on any atom is -0.475 e. The molecule has 0 aliphatic carbocycles. The zero-order valence-electron chi connectivity index (χ0n) is 10.5. The Balaban J connectivity index is 2.08. The molecule has 2 rings (SSSR count). The van der Waals surface area contributed by atoms with E-state index in [1.165, 1.54) is 6.20 Å². The minimum absolute atomic E-state index is 0.264. The van der Waals surface area contributed by atoms with Crippen molar-refractivity contribution in [3.8, 4) is 17.4 Å². The highest BCUT2D eigenvalue weighted by molar-refractivity contribution is 6.35. The largest absolute Gasteiger partial charge is 0.475 e. The van der Waals surface area contributed by atoms with E-state index in [2.05, 4.69) is 4.98 Å². The van der Waals surface area contributed by atoms with E-state index in [-0.39, 0.29) is 12.0 Å². The van der Waals surface area contributed by atoms with Crippen molar-refractivity contribution in [2.45, 2.75) is 6.92 Å². The standard InChI is InChI=1S/C14H10Cl2NO3/c1-9(8-18)19-11-2-4-12(5-3-11)20-14-13(16)6-10(15)7-17-14/h2-8H,1H3. The molecule has 0 aliphatic rings. The van der Waals surface area contributed by atoms with Crippen LogP contribution >= 0.6 is 23.2 Å². The van der Waals surface area contributed by atoms with E-state index in [0.717, 1.165) is 0 Å². The van der Waals surface area contributed by atoms with Crippen molar-refractivity contribution in [2.24, 2.45) is 0 Å². The molecule has 1 aromatic heterocycles. The van der Waals surface area contributed by atoms with Crippen LogP contribution in [0.3, 0.4) is 0 Å². The van der Waals surface area contributed by atoms with Crippen molar-refractivity contribution in [3.05, 3.63) is 52.7 Å². The second-order valence-electron chi connectivity index (χ2n) is 3.84. The Morgan fingerprint density at radius 1 is 1.20 bits per heavy atom. The highest BCUT2D eigenvalue weighted by Gasteiger charge is 2.07. The SMILES string of the molecule is C[C](C=O)Oc1ccc(Oc2ncc(Cl)cc2Cl)cc1. The summed E-state index contributed by atoms with van der Waals surface area (Å²) in [5.74, 6) is 1.34. The highest BCUT2D eigenvalue weighted by Crippen LogP contribution is 2.30. The van der Waals surface area contributed by atoms with Crippen LogP contribution in [0.15, 0.2) is 36.5 Å². The number of aldehydes is 1. The van der Waals surface area contributed by atoms with Gasteiger partial charge in [0.05, 0.1) is 5.02 Å². The van der Waals surface area contributed by atoms with Gasteiger partial charge in [-0.25, -0.2) is 4.98 Å². The Bertz CT molecular complexity index is 602. The normalized spacial score (nSPS) is 10.4. The molecule has 0 spiro atoms. The molecule has 0 saturated heterocycles. The molecule has 103 valence electrons. The summed E-state index contributed by atoms with van der Waals surface area (Å²) in [7, 11) is 0. The van der Waals surface area contributed by atoms with Gasteiger partial charge in [-0.2, -0.15) is 0 Å². The second kappa shape index (κ2) is 6.59. The van der Waals surface area contributed by atoms with E-state index in [1.807, 2.05) is 0 Å². The van der Waals surface area contributed by atoms with Crippen LogP contribution in [-0.4, -0.2) is 11.3 Å². The number of ether oxygens (including phenoxy) is 2. The molecular weight excluding hydrogens is 301 g/mol. The zero-order chi connectivity index (χ0) is 14.5. The fraction of sp³-hybridized carbons (Fsp3) is 0.0714. The first kappa shape index (κ1) is 14.6. The topological polar surface area (TPSA) is 48.4 Å². The number of aromatic nitrogens is 1. The first-order valence-electron chi connectivity index (χ1n) is 5.64. The Kier molecular flexibility index (Phi) is 4.82. The Labute approximate surface area is 126 Å². The molecule has 0 bridgehead atoms. The first-order chi connectivity index (χ1) is 9.58. The van der Waals surface area contributed by atoms with Gasteiger partial charge in [0, 0.05) is 6.20 Å². The summed E-state index contributed by atoms with van der Waals surface area (Å²) >= 11 is 11.7. The Morgan fingerprint density at radius 2 is 1.85 bits per heavy atom. The number of pyridine rings is 1. The van der Waals surface area contributed by atoms with Gasteiger partial charge in [0.2, 0.25) is 12.0 Å². The average molecular weight is 311 g/mol. The maximum Gasteiger partial charge on any atom is 0.238 e. The van der Waals surface area contributed by atoms with Crippen LogP contribution in [0.4, 0.5) is 0 Å². The summed E-state index contributed by atoms with van der Waals surface area (Å²) in [6, 6.07) is 8.25. The van der Waals surface area contributed by atoms with Crippen LogP contribution < -0.4 is 9.47 Å². The smallest absolute Gasteiger partial charge is 0.238 e. The maximum absolute atomic E-state index is 10.5. The molecule has 0 unspecified atom stereocenters. The van der Waals surface area contributed by atoms with Gasteiger partial charge >= 0.3 is 0 Å². The molecule has 1 heterocycles. The van der Waals surface area contributed by atoms with Crippen molar-refractivity contribution in [2.75, 3.05) is 0 Å². The van der Waals surface area contributed by atoms with Gasteiger partial charge < -0.3 is 9.47 Å². The summed E-state index contributed by atoms with van der Waals surface area (Å²) in [6.07, 6.45) is 2.37. The quantitative estimate of drug-likeness (QED) is 0.772. The van der Waals surface area contributed by atoms with Crippen molar-refractivity contribution in [1.82, 2.24) is 4.98 Å². The summed E-state index contributed by atoms with van der Waals surface area (Å²) in [6.45, 7) is 1.58. The summed E-state index contributed by atoms with van der Waals surface area (Å²) in [4.78, 5) is 14.5. The molecule has 1 radical (unpaired) electrons. The number of hydrogen-bond acceptors (Lipinski definition) is 4. The molecule has 1 aromatic carbocycles. The Hall–Kier alpha value is -1.78. The molecule has 0 atom stereocenters. The van der Waals surface area contributed by atoms with Crippen molar-refractivity contribution >= 4 is 29.5 Å². The molecule has 0 N–H and O–H groups in total. The predicted molar refractivity (Wildman–Crippen MR) is 76.4 cm³/mol. The number of benzene rings is 1. The lowest BCUT2D eigenvalue weighted by Gasteiger charge is -2.09. The molecule has 20 heavy (non-hydrogen) atoms. The molecule has 0 aliphatic heterocycles. The molecule has 0 saturated carbocycles. The van der Waals surface area contributed by atoms with Gasteiger partial charge in [-0.05, 0) is 37.3 Å². The van der Waals surface area contributed by atoms with Crippen LogP contribution in [-0.2, 0) is 4.79 Å². The number of carbonyl (C=O) groups excluding carboxylic acids is 1. The minimum atomic E-state index is 0.264. The number of rotatable bonds is 5. The van der Waals surface area contributed by atoms with Crippen LogP contribution in [0.2, 0.25) is 10.0 Å². The van der Waals surface area contributed by atoms with Crippen LogP contribution in [0, 0.1) is 6.10 Å². The van der Waals surface area contributed by atoms with E-state index in [0.29, 0.717) is 27.8 Å². The number of carbonyl (C=O) groups is 1. The molecule has 6 heteroatoms. The van der Waals surface area contributed by atoms with Crippen LogP contribution in [0.5, 0.6) is 17.4 Å². The molecule has 0 amide bonds. The number of hydrogen-bond donors (Lipinski definition) is 0. The second-order valence-corrected chi connectivity index (χ2v) is 4.69. The lowest BCUT2D eigenvalue weighted by atomic mass is 10.3. The third-order valence-corrected chi connectivity index (χ3v) is 2.73. The fourth-order valence-electron chi connectivity index (χ4n) is 1.37. The number of nitrogens with zero attached hydrogens (tertiary/aromatic N) is 1. The maximum atomic E-state index is 10.5. The van der Waals surface area contributed by atoms with Crippen molar-refractivity contribution in [3.63, 3.8) is 0 Å². The van der Waals surface area contributed by atoms with E-state index >= 15 is 0 Å². The van der Waals surface area contributed by atoms with Crippen LogP contribution in [0.25, 0.3) is 0 Å². The zero-order valence-corrected chi connectivity index (χ0v) is 12.0. The monoisotopic (exact) mass is 310 g/mol. The van der Waals surface area contributed by atoms with Gasteiger partial charge in [0.1, 0.15) is 16.5 Å². The molecule has 0 fully saturated rings. The number of halogens is 2. The highest BCUT2D eigenvalue weighted by atomic mass is 35.5. The lowest BCUT2D eigenvalue weighted by Crippen LogP contribution is -2.02. The van der Waals surface area contributed by atoms with Gasteiger partial charge in [-0.3, -0.25) is 4.79 Å².